The van der Waals surface area contributed by atoms with Crippen LogP contribution in [0.5, 0.6) is 5.75 Å². The van der Waals surface area contributed by atoms with E-state index in [2.05, 4.69) is 83.3 Å². The van der Waals surface area contributed by atoms with Gasteiger partial charge in [0.2, 0.25) is 0 Å². The third-order valence-electron chi connectivity index (χ3n) is 8.81. The maximum atomic E-state index is 12.2. The molecule has 1 aliphatic heterocycles. The molecule has 1 heterocycles. The quantitative estimate of drug-likeness (QED) is 0.160. The number of aliphatic hydroxyl groups excluding tert-OH is 1. The Morgan fingerprint density at radius 3 is 2.02 bits per heavy atom. The van der Waals surface area contributed by atoms with Crippen LogP contribution in [0.25, 0.3) is 17.7 Å². The number of β-amino-alcohol motifs (C(OH)–C–C–N with tert-alkyl or cyclic N) is 1. The van der Waals surface area contributed by atoms with Crippen molar-refractivity contribution in [2.24, 2.45) is 0 Å². The topological polar surface area (TPSA) is 94.1 Å². The summed E-state index contributed by atoms with van der Waals surface area (Å²) in [6.07, 6.45) is 6.17. The van der Waals surface area contributed by atoms with Crippen molar-refractivity contribution in [2.75, 3.05) is 51.7 Å². The van der Waals surface area contributed by atoms with Gasteiger partial charge in [0.1, 0.15) is 18.5 Å². The zero-order valence-corrected chi connectivity index (χ0v) is 30.3. The lowest BCUT2D eigenvalue weighted by Gasteiger charge is -2.27. The van der Waals surface area contributed by atoms with Gasteiger partial charge in [-0.2, -0.15) is 0 Å². The van der Waals surface area contributed by atoms with Crippen LogP contribution >= 0.6 is 0 Å². The zero-order valence-electron chi connectivity index (χ0n) is 30.3. The number of ether oxygens (including phenoxy) is 1. The van der Waals surface area contributed by atoms with E-state index in [0.717, 1.165) is 13.1 Å². The number of rotatable bonds is 9. The molecule has 1 saturated heterocycles. The van der Waals surface area contributed by atoms with Gasteiger partial charge in [0.15, 0.2) is 5.78 Å². The Morgan fingerprint density at radius 1 is 0.918 bits per heavy atom. The SMILES string of the molecule is CCN(CC)C(=O)Nc1ccc(OCC(O)CNC(C)(C)C)c(C(C)=O)c1.CN1CCC(=C2c3ccccc3C=Cc3ccccc32)CC1. The number of nitrogens with zero attached hydrogens (tertiary/aromatic N) is 2. The van der Waals surface area contributed by atoms with Crippen LogP contribution in [0, 0.1) is 0 Å². The second-order valence-corrected chi connectivity index (χ2v) is 13.8. The monoisotopic (exact) mass is 666 g/mol. The summed E-state index contributed by atoms with van der Waals surface area (Å²) in [6.45, 7) is 15.3. The lowest BCUT2D eigenvalue weighted by molar-refractivity contribution is 0.0950. The van der Waals surface area contributed by atoms with Gasteiger partial charge in [0.25, 0.3) is 0 Å². The molecule has 0 bridgehead atoms. The number of fused-ring (bicyclic) bond motifs is 2. The highest BCUT2D eigenvalue weighted by molar-refractivity contribution is 5.99. The number of urea groups is 1. The van der Waals surface area contributed by atoms with Gasteiger partial charge >= 0.3 is 6.03 Å². The normalized spacial score (nSPS) is 14.9. The molecule has 0 spiro atoms. The molecule has 5 rings (SSSR count). The third-order valence-corrected chi connectivity index (χ3v) is 8.81. The van der Waals surface area contributed by atoms with Crippen LogP contribution in [0.4, 0.5) is 10.5 Å². The Labute approximate surface area is 292 Å². The molecule has 0 saturated carbocycles. The summed E-state index contributed by atoms with van der Waals surface area (Å²) < 4.78 is 5.64. The minimum atomic E-state index is -0.703. The van der Waals surface area contributed by atoms with Gasteiger partial charge in [-0.25, -0.2) is 4.79 Å². The first-order valence-corrected chi connectivity index (χ1v) is 17.4. The summed E-state index contributed by atoms with van der Waals surface area (Å²) in [5.41, 5.74) is 9.33. The van der Waals surface area contributed by atoms with Crippen molar-refractivity contribution in [3.63, 3.8) is 0 Å². The maximum Gasteiger partial charge on any atom is 0.321 e. The highest BCUT2D eigenvalue weighted by Gasteiger charge is 2.21. The summed E-state index contributed by atoms with van der Waals surface area (Å²) in [4.78, 5) is 28.2. The Balaban J connectivity index is 0.000000224. The van der Waals surface area contributed by atoms with E-state index in [1.54, 1.807) is 28.7 Å². The number of benzene rings is 3. The first-order chi connectivity index (χ1) is 23.4. The molecule has 2 amide bonds. The van der Waals surface area contributed by atoms with Gasteiger partial charge in [0.05, 0.1) is 5.56 Å². The molecule has 8 heteroatoms. The van der Waals surface area contributed by atoms with Crippen LogP contribution in [0.15, 0.2) is 72.3 Å². The fourth-order valence-corrected chi connectivity index (χ4v) is 5.97. The lowest BCUT2D eigenvalue weighted by atomic mass is 9.86. The largest absolute Gasteiger partial charge is 0.490 e. The van der Waals surface area contributed by atoms with Gasteiger partial charge in [-0.3, -0.25) is 4.79 Å². The number of carbonyl (C=O) groups excluding carboxylic acids is 2. The summed E-state index contributed by atoms with van der Waals surface area (Å²) >= 11 is 0. The molecule has 0 aromatic heterocycles. The van der Waals surface area contributed by atoms with Crippen LogP contribution in [-0.4, -0.2) is 84.7 Å². The molecular weight excluding hydrogens is 612 g/mol. The van der Waals surface area contributed by atoms with Crippen LogP contribution in [0.2, 0.25) is 0 Å². The number of hydrogen-bond donors (Lipinski definition) is 3. The van der Waals surface area contributed by atoms with Crippen molar-refractivity contribution in [3.8, 4) is 5.75 Å². The fraction of sp³-hybridized carbons (Fsp3) is 0.415. The van der Waals surface area contributed by atoms with Gasteiger partial charge in [0, 0.05) is 44.0 Å². The highest BCUT2D eigenvalue weighted by Crippen LogP contribution is 2.38. The summed E-state index contributed by atoms with van der Waals surface area (Å²) in [7, 11) is 2.22. The van der Waals surface area contributed by atoms with Crippen LogP contribution < -0.4 is 15.4 Å². The number of carbonyl (C=O) groups is 2. The van der Waals surface area contributed by atoms with E-state index in [1.165, 1.54) is 47.6 Å². The van der Waals surface area contributed by atoms with Crippen molar-refractivity contribution in [2.45, 2.75) is 66.0 Å². The molecule has 0 radical (unpaired) electrons. The predicted octanol–water partition coefficient (Wildman–Crippen LogP) is 7.59. The second kappa shape index (κ2) is 17.4. The van der Waals surface area contributed by atoms with Gasteiger partial charge in [-0.1, -0.05) is 66.3 Å². The summed E-state index contributed by atoms with van der Waals surface area (Å²) in [6, 6.07) is 22.3. The lowest BCUT2D eigenvalue weighted by Crippen LogP contribution is -2.42. The Kier molecular flexibility index (Phi) is 13.4. The zero-order chi connectivity index (χ0) is 35.6. The average Bonchev–Trinajstić information content (AvgIpc) is 3.25. The maximum absolute atomic E-state index is 12.2. The molecule has 1 atom stereocenters. The van der Waals surface area contributed by atoms with Gasteiger partial charge in [-0.15, -0.1) is 0 Å². The first-order valence-electron chi connectivity index (χ1n) is 17.4. The standard InChI is InChI=1S/C21H21N.C20H33N3O4/c1-22-14-12-18(13-15-22)21-19-8-4-2-6-16(19)10-11-17-7-3-5-9-20(17)21;1-7-23(8-2)19(26)22-15-9-10-18(17(11-15)14(3)24)27-13-16(25)12-21-20(4,5)6/h2-11H,12-15H2,1H3;9-11,16,21,25H,7-8,12-13H2,1-6H3,(H,22,26). The van der Waals surface area contributed by atoms with Gasteiger partial charge < -0.3 is 30.3 Å². The first kappa shape index (κ1) is 37.6. The minimum Gasteiger partial charge on any atom is -0.490 e. The smallest absolute Gasteiger partial charge is 0.321 e. The number of nitrogens with one attached hydrogen (secondary N) is 2. The molecule has 8 nitrogen and oxygen atoms in total. The second-order valence-electron chi connectivity index (χ2n) is 13.8. The molecule has 3 aromatic carbocycles. The van der Waals surface area contributed by atoms with Crippen molar-refractivity contribution in [1.82, 2.24) is 15.1 Å². The molecule has 262 valence electrons. The van der Waals surface area contributed by atoms with Crippen molar-refractivity contribution in [1.29, 1.82) is 0 Å². The number of Topliss-reactive ketones (excluding diaryl/α,β-unsaturated/α-hetero) is 1. The van der Waals surface area contributed by atoms with E-state index in [0.29, 0.717) is 36.6 Å². The molecular formula is C41H54N4O4. The van der Waals surface area contributed by atoms with Crippen LogP contribution in [0.3, 0.4) is 0 Å². The Morgan fingerprint density at radius 2 is 1.49 bits per heavy atom. The number of likely N-dealkylation sites (tertiary alicyclic amines) is 1. The average molecular weight is 667 g/mol. The fourth-order valence-electron chi connectivity index (χ4n) is 5.97. The molecule has 1 aliphatic carbocycles. The predicted molar refractivity (Wildman–Crippen MR) is 202 cm³/mol. The summed E-state index contributed by atoms with van der Waals surface area (Å²) in [5.74, 6) is 0.212. The van der Waals surface area contributed by atoms with Crippen molar-refractivity contribution >= 4 is 35.2 Å². The minimum absolute atomic E-state index is 0.0640. The van der Waals surface area contributed by atoms with Crippen LogP contribution in [-0.2, 0) is 0 Å². The molecule has 3 aromatic rings. The van der Waals surface area contributed by atoms with E-state index >= 15 is 0 Å². The number of ketones is 1. The Hall–Kier alpha value is -4.24. The number of hydrogen-bond acceptors (Lipinski definition) is 6. The third kappa shape index (κ3) is 10.6. The van der Waals surface area contributed by atoms with Gasteiger partial charge in [-0.05, 0) is 107 Å². The van der Waals surface area contributed by atoms with Crippen molar-refractivity contribution in [3.05, 3.63) is 100 Å². The number of anilines is 1. The summed E-state index contributed by atoms with van der Waals surface area (Å²) in [5, 5.41) is 16.0. The van der Waals surface area contributed by atoms with E-state index < -0.39 is 6.10 Å². The molecule has 1 fully saturated rings. The van der Waals surface area contributed by atoms with Crippen molar-refractivity contribution < 1.29 is 19.4 Å². The number of amides is 2. The van der Waals surface area contributed by atoms with E-state index in [1.807, 2.05) is 34.6 Å². The Bertz CT molecular complexity index is 1590. The van der Waals surface area contributed by atoms with E-state index in [4.69, 9.17) is 4.74 Å². The van der Waals surface area contributed by atoms with E-state index in [-0.39, 0.29) is 24.0 Å². The molecule has 2 aliphatic rings. The molecule has 1 unspecified atom stereocenters. The van der Waals surface area contributed by atoms with E-state index in [9.17, 15) is 14.7 Å². The highest BCUT2D eigenvalue weighted by atomic mass is 16.5. The molecule has 3 N–H and O–H groups in total. The van der Waals surface area contributed by atoms with Crippen LogP contribution in [0.1, 0.15) is 87.0 Å². The number of piperidine rings is 1. The molecule has 49 heavy (non-hydrogen) atoms. The number of aliphatic hydroxyl groups is 1.